The second-order valence-electron chi connectivity index (χ2n) is 5.60. The van der Waals surface area contributed by atoms with Crippen molar-refractivity contribution in [2.45, 2.75) is 11.1 Å². The normalized spacial score (nSPS) is 12.3. The van der Waals surface area contributed by atoms with Crippen molar-refractivity contribution in [3.63, 3.8) is 0 Å². The Balaban J connectivity index is 1.68. The first-order valence-electron chi connectivity index (χ1n) is 7.59. The predicted molar refractivity (Wildman–Crippen MR) is 87.5 cm³/mol. The fourth-order valence-corrected chi connectivity index (χ4v) is 3.11. The molecule has 9 nitrogen and oxygen atoms in total. The van der Waals surface area contributed by atoms with Gasteiger partial charge in [-0.1, -0.05) is 29.4 Å². The summed E-state index contributed by atoms with van der Waals surface area (Å²) >= 11 is 0. The summed E-state index contributed by atoms with van der Waals surface area (Å²) in [6.07, 6.45) is -2.34. The van der Waals surface area contributed by atoms with Crippen LogP contribution in [0.3, 0.4) is 0 Å². The van der Waals surface area contributed by atoms with E-state index >= 15 is 0 Å². The average molecular weight is 415 g/mol. The molecule has 0 fully saturated rings. The van der Waals surface area contributed by atoms with Gasteiger partial charge >= 0.3 is 12.1 Å². The number of aromatic nitrogens is 4. The molecule has 2 heterocycles. The number of hydrogen-bond donors (Lipinski definition) is 1. The lowest BCUT2D eigenvalue weighted by Gasteiger charge is -2.05. The summed E-state index contributed by atoms with van der Waals surface area (Å²) in [4.78, 5) is 15.3. The fourth-order valence-electron chi connectivity index (χ4n) is 2.14. The van der Waals surface area contributed by atoms with Crippen LogP contribution in [-0.4, -0.2) is 40.7 Å². The Morgan fingerprint density at radius 1 is 1.25 bits per heavy atom. The van der Waals surface area contributed by atoms with Crippen LogP contribution in [0.15, 0.2) is 46.1 Å². The predicted octanol–water partition coefficient (Wildman–Crippen LogP) is 1.65. The average Bonchev–Trinajstić information content (AvgIpc) is 3.29. The summed E-state index contributed by atoms with van der Waals surface area (Å²) in [7, 11) is -2.35. The van der Waals surface area contributed by atoms with Crippen LogP contribution in [0.1, 0.15) is 16.2 Å². The maximum atomic E-state index is 12.5. The number of halogens is 3. The van der Waals surface area contributed by atoms with Crippen LogP contribution in [0.5, 0.6) is 0 Å². The minimum Gasteiger partial charge on any atom is -0.329 e. The van der Waals surface area contributed by atoms with E-state index in [1.807, 2.05) is 0 Å². The summed E-state index contributed by atoms with van der Waals surface area (Å²) < 4.78 is 69.2. The van der Waals surface area contributed by atoms with Crippen LogP contribution in [0.2, 0.25) is 0 Å². The zero-order valence-corrected chi connectivity index (χ0v) is 15.0. The largest absolute Gasteiger partial charge is 0.471 e. The number of hydrogen-bond acceptors (Lipinski definition) is 7. The number of alkyl halides is 3. The Labute approximate surface area is 156 Å². The third kappa shape index (κ3) is 4.26. The third-order valence-electron chi connectivity index (χ3n) is 3.55. The molecule has 13 heteroatoms. The first-order valence-corrected chi connectivity index (χ1v) is 9.07. The van der Waals surface area contributed by atoms with E-state index in [-0.39, 0.29) is 21.8 Å². The number of rotatable bonds is 6. The number of nitrogens with one attached hydrogen (secondary N) is 1. The summed E-state index contributed by atoms with van der Waals surface area (Å²) in [6, 6.07) is 5.29. The van der Waals surface area contributed by atoms with E-state index in [9.17, 15) is 26.4 Å². The van der Waals surface area contributed by atoms with E-state index < -0.39 is 34.4 Å². The number of ketones is 1. The molecule has 28 heavy (non-hydrogen) atoms. The van der Waals surface area contributed by atoms with E-state index in [0.29, 0.717) is 0 Å². The van der Waals surface area contributed by atoms with Crippen LogP contribution in [-0.2, 0) is 23.2 Å². The molecule has 0 atom stereocenters. The van der Waals surface area contributed by atoms with Gasteiger partial charge in [0.1, 0.15) is 4.90 Å². The van der Waals surface area contributed by atoms with Gasteiger partial charge < -0.3 is 4.52 Å². The van der Waals surface area contributed by atoms with Crippen molar-refractivity contribution >= 4 is 15.8 Å². The second kappa shape index (κ2) is 7.16. The zero-order chi connectivity index (χ0) is 20.5. The van der Waals surface area contributed by atoms with Gasteiger partial charge in [-0.05, 0) is 0 Å². The van der Waals surface area contributed by atoms with E-state index in [2.05, 4.69) is 24.5 Å². The summed E-state index contributed by atoms with van der Waals surface area (Å²) in [5.41, 5.74) is 0.351. The molecule has 0 saturated carbocycles. The molecule has 3 rings (SSSR count). The number of sulfonamides is 1. The molecule has 1 N–H and O–H groups in total. The van der Waals surface area contributed by atoms with Crippen molar-refractivity contribution < 1.29 is 30.9 Å². The highest BCUT2D eigenvalue weighted by atomic mass is 32.2. The molecule has 0 aliphatic rings. The van der Waals surface area contributed by atoms with Gasteiger partial charge in [0.05, 0.1) is 12.7 Å². The quantitative estimate of drug-likeness (QED) is 0.608. The maximum Gasteiger partial charge on any atom is 0.471 e. The highest BCUT2D eigenvalue weighted by Crippen LogP contribution is 2.29. The highest BCUT2D eigenvalue weighted by molar-refractivity contribution is 7.89. The topological polar surface area (TPSA) is 120 Å². The molecule has 0 spiro atoms. The summed E-state index contributed by atoms with van der Waals surface area (Å²) in [5.74, 6) is -2.31. The van der Waals surface area contributed by atoms with Crippen LogP contribution >= 0.6 is 0 Å². The minimum absolute atomic E-state index is 0.0873. The molecule has 0 bridgehead atoms. The molecular weight excluding hydrogens is 403 g/mol. The third-order valence-corrected chi connectivity index (χ3v) is 4.90. The molecule has 0 aliphatic carbocycles. The number of benzene rings is 1. The molecular formula is C15H12F3N5O4S. The van der Waals surface area contributed by atoms with E-state index in [1.165, 1.54) is 35.1 Å². The fraction of sp³-hybridized carbons (Fsp3) is 0.200. The van der Waals surface area contributed by atoms with Crippen molar-refractivity contribution in [2.24, 2.45) is 7.05 Å². The Hall–Kier alpha value is -3.06. The van der Waals surface area contributed by atoms with Gasteiger partial charge in [-0.3, -0.25) is 9.48 Å². The van der Waals surface area contributed by atoms with Gasteiger partial charge in [0.2, 0.25) is 15.8 Å². The highest BCUT2D eigenvalue weighted by Gasteiger charge is 2.38. The van der Waals surface area contributed by atoms with Gasteiger partial charge in [-0.2, -0.15) is 23.3 Å². The van der Waals surface area contributed by atoms with E-state index in [0.717, 1.165) is 6.20 Å². The number of Topliss-reactive ketones (excluding diaryl/α,β-unsaturated/α-hetero) is 1. The summed E-state index contributed by atoms with van der Waals surface area (Å²) in [6.45, 7) is -0.503. The molecule has 0 saturated heterocycles. The smallest absolute Gasteiger partial charge is 0.329 e. The lowest BCUT2D eigenvalue weighted by atomic mass is 10.1. The number of aryl methyl sites for hydroxylation is 1. The molecule has 0 aliphatic heterocycles. The van der Waals surface area contributed by atoms with Crippen LogP contribution < -0.4 is 4.72 Å². The van der Waals surface area contributed by atoms with Crippen LogP contribution in [0.25, 0.3) is 11.4 Å². The Morgan fingerprint density at radius 3 is 2.46 bits per heavy atom. The Morgan fingerprint density at radius 2 is 1.93 bits per heavy atom. The maximum absolute atomic E-state index is 12.5. The van der Waals surface area contributed by atoms with Crippen molar-refractivity contribution in [3.8, 4) is 11.4 Å². The van der Waals surface area contributed by atoms with Crippen molar-refractivity contribution in [1.29, 1.82) is 0 Å². The SMILES string of the molecule is Cn1cc(S(=O)(=O)NCC(=O)c2ccc(-c3noc(C(F)(F)F)n3)cc2)cn1. The molecule has 3 aromatic rings. The molecule has 0 radical (unpaired) electrons. The number of nitrogens with zero attached hydrogens (tertiary/aromatic N) is 4. The molecule has 148 valence electrons. The Kier molecular flexibility index (Phi) is 5.04. The Bertz CT molecular complexity index is 1100. The molecule has 0 unspecified atom stereocenters. The van der Waals surface area contributed by atoms with E-state index in [4.69, 9.17) is 0 Å². The van der Waals surface area contributed by atoms with Gasteiger partial charge in [0, 0.05) is 24.4 Å². The molecule has 1 aromatic carbocycles. The second-order valence-corrected chi connectivity index (χ2v) is 7.36. The number of carbonyl (C=O) groups is 1. The first kappa shape index (κ1) is 19.7. The van der Waals surface area contributed by atoms with Crippen molar-refractivity contribution in [1.82, 2.24) is 24.6 Å². The standard InChI is InChI=1S/C15H12F3N5O4S/c1-23-8-11(6-19-23)28(25,26)20-7-12(24)9-2-4-10(5-3-9)13-21-14(27-22-13)15(16,17)18/h2-6,8,20H,7H2,1H3. The van der Waals surface area contributed by atoms with Crippen LogP contribution in [0, 0.1) is 0 Å². The molecule has 2 aromatic heterocycles. The van der Waals surface area contributed by atoms with Gasteiger partial charge in [-0.15, -0.1) is 0 Å². The summed E-state index contributed by atoms with van der Waals surface area (Å²) in [5, 5.41) is 6.99. The minimum atomic E-state index is -4.76. The monoisotopic (exact) mass is 415 g/mol. The van der Waals surface area contributed by atoms with Crippen molar-refractivity contribution in [3.05, 3.63) is 48.1 Å². The molecule has 0 amide bonds. The first-order chi connectivity index (χ1) is 13.1. The lowest BCUT2D eigenvalue weighted by Crippen LogP contribution is -2.29. The van der Waals surface area contributed by atoms with E-state index in [1.54, 1.807) is 7.05 Å². The zero-order valence-electron chi connectivity index (χ0n) is 14.1. The van der Waals surface area contributed by atoms with Crippen molar-refractivity contribution in [2.75, 3.05) is 6.54 Å². The van der Waals surface area contributed by atoms with Crippen LogP contribution in [0.4, 0.5) is 13.2 Å². The van der Waals surface area contributed by atoms with Gasteiger partial charge in [0.25, 0.3) is 0 Å². The van der Waals surface area contributed by atoms with Gasteiger partial charge in [-0.25, -0.2) is 13.1 Å². The number of carbonyl (C=O) groups excluding carboxylic acids is 1. The van der Waals surface area contributed by atoms with Gasteiger partial charge in [0.15, 0.2) is 5.78 Å². The lowest BCUT2D eigenvalue weighted by molar-refractivity contribution is -0.159.